The number of carbonyl (C=O) groups excluding carboxylic acids is 1. The molecular formula is C13H14N2O. The summed E-state index contributed by atoms with van der Waals surface area (Å²) in [6, 6.07) is 7.61. The molecule has 1 aromatic heterocycles. The van der Waals surface area contributed by atoms with Crippen LogP contribution in [0.3, 0.4) is 0 Å². The van der Waals surface area contributed by atoms with E-state index in [0.717, 1.165) is 22.0 Å². The van der Waals surface area contributed by atoms with Crippen LogP contribution < -0.4 is 5.73 Å². The lowest BCUT2D eigenvalue weighted by Gasteiger charge is -2.04. The van der Waals surface area contributed by atoms with Gasteiger partial charge in [0.1, 0.15) is 0 Å². The Kier molecular flexibility index (Phi) is 2.97. The van der Waals surface area contributed by atoms with Gasteiger partial charge in [-0.1, -0.05) is 12.1 Å². The molecule has 0 unspecified atom stereocenters. The second-order valence-corrected chi connectivity index (χ2v) is 3.79. The molecule has 0 radical (unpaired) electrons. The van der Waals surface area contributed by atoms with Crippen molar-refractivity contribution in [2.45, 2.75) is 13.3 Å². The molecule has 0 fully saturated rings. The van der Waals surface area contributed by atoms with Gasteiger partial charge >= 0.3 is 0 Å². The lowest BCUT2D eigenvalue weighted by molar-refractivity contribution is 0.0985. The van der Waals surface area contributed by atoms with E-state index >= 15 is 0 Å². The van der Waals surface area contributed by atoms with E-state index < -0.39 is 0 Å². The summed E-state index contributed by atoms with van der Waals surface area (Å²) in [6.07, 6.45) is 2.16. The molecule has 0 aliphatic carbocycles. The molecule has 0 saturated heterocycles. The van der Waals surface area contributed by atoms with Gasteiger partial charge in [0, 0.05) is 29.3 Å². The zero-order valence-corrected chi connectivity index (χ0v) is 9.23. The molecule has 0 saturated carbocycles. The standard InChI is InChI=1S/C13H14N2O/c1-9-12-3-2-11(13(16)4-6-14)8-10(12)5-7-15-9/h2-3,5,7-8H,4,6,14H2,1H3. The largest absolute Gasteiger partial charge is 0.330 e. The molecule has 0 bridgehead atoms. The van der Waals surface area contributed by atoms with Crippen LogP contribution in [-0.2, 0) is 0 Å². The Balaban J connectivity index is 2.48. The summed E-state index contributed by atoms with van der Waals surface area (Å²) in [7, 11) is 0. The number of pyridine rings is 1. The lowest BCUT2D eigenvalue weighted by Crippen LogP contribution is -2.07. The van der Waals surface area contributed by atoms with Gasteiger partial charge < -0.3 is 5.73 Å². The summed E-state index contributed by atoms with van der Waals surface area (Å²) in [5, 5.41) is 2.14. The van der Waals surface area contributed by atoms with Crippen LogP contribution in [0, 0.1) is 6.92 Å². The molecule has 3 nitrogen and oxygen atoms in total. The SMILES string of the molecule is Cc1nccc2cc(C(=O)CCN)ccc12. The zero-order valence-electron chi connectivity index (χ0n) is 9.23. The van der Waals surface area contributed by atoms with Crippen molar-refractivity contribution in [3.05, 3.63) is 41.7 Å². The van der Waals surface area contributed by atoms with Crippen LogP contribution in [0.1, 0.15) is 22.5 Å². The second-order valence-electron chi connectivity index (χ2n) is 3.79. The van der Waals surface area contributed by atoms with Crippen LogP contribution in [0.15, 0.2) is 30.5 Å². The lowest BCUT2D eigenvalue weighted by atomic mass is 10.0. The highest BCUT2D eigenvalue weighted by atomic mass is 16.1. The summed E-state index contributed by atoms with van der Waals surface area (Å²) in [5.74, 6) is 0.0962. The van der Waals surface area contributed by atoms with Gasteiger partial charge in [0.2, 0.25) is 0 Å². The Labute approximate surface area is 94.3 Å². The minimum atomic E-state index is 0.0962. The van der Waals surface area contributed by atoms with E-state index in [1.54, 1.807) is 6.20 Å². The highest BCUT2D eigenvalue weighted by Gasteiger charge is 2.06. The van der Waals surface area contributed by atoms with Gasteiger partial charge in [0.05, 0.1) is 0 Å². The predicted octanol–water partition coefficient (Wildman–Crippen LogP) is 2.07. The molecule has 0 aliphatic rings. The molecule has 1 heterocycles. The van der Waals surface area contributed by atoms with Gasteiger partial charge in [0.25, 0.3) is 0 Å². The summed E-state index contributed by atoms with van der Waals surface area (Å²) in [6.45, 7) is 2.36. The van der Waals surface area contributed by atoms with Crippen LogP contribution in [0.4, 0.5) is 0 Å². The van der Waals surface area contributed by atoms with Crippen LogP contribution in [0.2, 0.25) is 0 Å². The van der Waals surface area contributed by atoms with E-state index in [1.807, 2.05) is 31.2 Å². The first-order valence-corrected chi connectivity index (χ1v) is 5.31. The minimum Gasteiger partial charge on any atom is -0.330 e. The average molecular weight is 214 g/mol. The molecule has 16 heavy (non-hydrogen) atoms. The van der Waals surface area contributed by atoms with Crippen LogP contribution in [0.25, 0.3) is 10.8 Å². The average Bonchev–Trinajstić information content (AvgIpc) is 2.29. The van der Waals surface area contributed by atoms with Crippen molar-refractivity contribution in [3.8, 4) is 0 Å². The van der Waals surface area contributed by atoms with E-state index in [-0.39, 0.29) is 5.78 Å². The molecule has 0 spiro atoms. The third-order valence-corrected chi connectivity index (χ3v) is 2.66. The Morgan fingerprint density at radius 3 is 2.94 bits per heavy atom. The molecule has 0 atom stereocenters. The monoisotopic (exact) mass is 214 g/mol. The zero-order chi connectivity index (χ0) is 11.5. The molecule has 2 rings (SSSR count). The van der Waals surface area contributed by atoms with Crippen molar-refractivity contribution in [2.75, 3.05) is 6.54 Å². The third-order valence-electron chi connectivity index (χ3n) is 2.66. The molecule has 0 amide bonds. The third kappa shape index (κ3) is 1.95. The number of ketones is 1. The first-order valence-electron chi connectivity index (χ1n) is 5.31. The maximum Gasteiger partial charge on any atom is 0.164 e. The van der Waals surface area contributed by atoms with E-state index in [4.69, 9.17) is 5.73 Å². The van der Waals surface area contributed by atoms with Gasteiger partial charge in [-0.15, -0.1) is 0 Å². The maximum absolute atomic E-state index is 11.7. The molecule has 3 heteroatoms. The number of nitrogens with two attached hydrogens (primary N) is 1. The Morgan fingerprint density at radius 1 is 1.38 bits per heavy atom. The van der Waals surface area contributed by atoms with Crippen molar-refractivity contribution in [1.29, 1.82) is 0 Å². The maximum atomic E-state index is 11.7. The number of hydrogen-bond donors (Lipinski definition) is 1. The van der Waals surface area contributed by atoms with Crippen LogP contribution >= 0.6 is 0 Å². The van der Waals surface area contributed by atoms with Crippen molar-refractivity contribution in [1.82, 2.24) is 4.98 Å². The summed E-state index contributed by atoms with van der Waals surface area (Å²) < 4.78 is 0. The van der Waals surface area contributed by atoms with Crippen molar-refractivity contribution < 1.29 is 4.79 Å². The topological polar surface area (TPSA) is 56.0 Å². The molecule has 2 N–H and O–H groups in total. The Hall–Kier alpha value is -1.74. The van der Waals surface area contributed by atoms with Gasteiger partial charge in [-0.05, 0) is 31.0 Å². The summed E-state index contributed by atoms with van der Waals surface area (Å²) >= 11 is 0. The molecule has 0 aliphatic heterocycles. The number of benzene rings is 1. The highest BCUT2D eigenvalue weighted by molar-refractivity contribution is 6.00. The van der Waals surface area contributed by atoms with E-state index in [0.29, 0.717) is 13.0 Å². The van der Waals surface area contributed by atoms with Crippen molar-refractivity contribution in [2.24, 2.45) is 5.73 Å². The fourth-order valence-electron chi connectivity index (χ4n) is 1.78. The molecule has 2 aromatic rings. The first-order chi connectivity index (χ1) is 7.72. The molecular weight excluding hydrogens is 200 g/mol. The van der Waals surface area contributed by atoms with Crippen molar-refractivity contribution in [3.63, 3.8) is 0 Å². The summed E-state index contributed by atoms with van der Waals surface area (Å²) in [5.41, 5.74) is 7.08. The Bertz CT molecular complexity index is 534. The summed E-state index contributed by atoms with van der Waals surface area (Å²) in [4.78, 5) is 15.9. The van der Waals surface area contributed by atoms with Gasteiger partial charge in [-0.2, -0.15) is 0 Å². The second kappa shape index (κ2) is 4.41. The minimum absolute atomic E-state index is 0.0962. The van der Waals surface area contributed by atoms with E-state index in [2.05, 4.69) is 4.98 Å². The normalized spacial score (nSPS) is 10.6. The van der Waals surface area contributed by atoms with Crippen LogP contribution in [0.5, 0.6) is 0 Å². The quantitative estimate of drug-likeness (QED) is 0.796. The molecule has 1 aromatic carbocycles. The number of fused-ring (bicyclic) bond motifs is 1. The predicted molar refractivity (Wildman–Crippen MR) is 64.5 cm³/mol. The fraction of sp³-hybridized carbons (Fsp3) is 0.231. The number of hydrogen-bond acceptors (Lipinski definition) is 3. The van der Waals surface area contributed by atoms with E-state index in [9.17, 15) is 4.79 Å². The van der Waals surface area contributed by atoms with Gasteiger partial charge in [0.15, 0.2) is 5.78 Å². The number of aryl methyl sites for hydroxylation is 1. The number of Topliss-reactive ketones (excluding diaryl/α,β-unsaturated/α-hetero) is 1. The van der Waals surface area contributed by atoms with Crippen molar-refractivity contribution >= 4 is 16.6 Å². The smallest absolute Gasteiger partial charge is 0.164 e. The molecule has 82 valence electrons. The highest BCUT2D eigenvalue weighted by Crippen LogP contribution is 2.18. The van der Waals surface area contributed by atoms with Crippen LogP contribution in [-0.4, -0.2) is 17.3 Å². The number of aromatic nitrogens is 1. The first kappa shape index (κ1) is 10.8. The number of carbonyl (C=O) groups is 1. The van der Waals surface area contributed by atoms with Gasteiger partial charge in [-0.25, -0.2) is 0 Å². The van der Waals surface area contributed by atoms with Gasteiger partial charge in [-0.3, -0.25) is 9.78 Å². The van der Waals surface area contributed by atoms with E-state index in [1.165, 1.54) is 0 Å². The number of nitrogens with zero attached hydrogens (tertiary/aromatic N) is 1. The Morgan fingerprint density at radius 2 is 2.19 bits per heavy atom. The number of rotatable bonds is 3. The fourth-order valence-corrected chi connectivity index (χ4v) is 1.78.